The maximum absolute atomic E-state index is 12.5. The summed E-state index contributed by atoms with van der Waals surface area (Å²) in [4.78, 5) is 12.5. The van der Waals surface area contributed by atoms with Gasteiger partial charge in [0.15, 0.2) is 5.92 Å². The molecule has 0 bridgehead atoms. The van der Waals surface area contributed by atoms with Crippen LogP contribution in [0.1, 0.15) is 51.2 Å². The molecule has 4 heteroatoms. The molecule has 1 aliphatic heterocycles. The summed E-state index contributed by atoms with van der Waals surface area (Å²) in [6, 6.07) is 10.4. The SMILES string of the molecule is CCOC(=O)[C@H](C#N)[C@]1(c2ccc(C)cc2)CCO[C@](C)(CC)C1. The number of ether oxygens (including phenoxy) is 2. The maximum Gasteiger partial charge on any atom is 0.324 e. The zero-order valence-corrected chi connectivity index (χ0v) is 15.1. The van der Waals surface area contributed by atoms with E-state index in [-0.39, 0.29) is 12.2 Å². The Balaban J connectivity index is 2.54. The predicted octanol–water partition coefficient (Wildman–Crippen LogP) is 3.91. The number of carbonyl (C=O) groups excluding carboxylic acids is 1. The highest BCUT2D eigenvalue weighted by Crippen LogP contribution is 2.48. The minimum atomic E-state index is -0.824. The quantitative estimate of drug-likeness (QED) is 0.768. The van der Waals surface area contributed by atoms with Gasteiger partial charge in [0.05, 0.1) is 18.3 Å². The standard InChI is InChI=1S/C20H27NO3/c1-5-19(4)14-20(11-12-24-19,16-9-7-15(3)8-10-16)17(13-21)18(22)23-6-2/h7-10,17H,5-6,11-12,14H2,1-4H3/t17-,19+,20+/m0/s1. The molecule has 1 aliphatic rings. The van der Waals surface area contributed by atoms with Crippen LogP contribution in [0.3, 0.4) is 0 Å². The molecule has 130 valence electrons. The van der Waals surface area contributed by atoms with Gasteiger partial charge in [0.1, 0.15) is 0 Å². The van der Waals surface area contributed by atoms with Crippen molar-refractivity contribution in [3.05, 3.63) is 35.4 Å². The lowest BCUT2D eigenvalue weighted by Crippen LogP contribution is -2.51. The molecule has 1 saturated heterocycles. The summed E-state index contributed by atoms with van der Waals surface area (Å²) >= 11 is 0. The Kier molecular flexibility index (Phi) is 5.66. The van der Waals surface area contributed by atoms with Crippen LogP contribution in [0.2, 0.25) is 0 Å². The lowest BCUT2D eigenvalue weighted by molar-refractivity contribution is -0.154. The van der Waals surface area contributed by atoms with Crippen LogP contribution in [0, 0.1) is 24.2 Å². The summed E-state index contributed by atoms with van der Waals surface area (Å²) < 4.78 is 11.2. The van der Waals surface area contributed by atoms with E-state index in [9.17, 15) is 10.1 Å². The molecule has 1 aromatic carbocycles. The van der Waals surface area contributed by atoms with Crippen LogP contribution in [-0.4, -0.2) is 24.8 Å². The van der Waals surface area contributed by atoms with E-state index in [1.807, 2.05) is 31.2 Å². The Hall–Kier alpha value is -1.86. The van der Waals surface area contributed by atoms with Crippen molar-refractivity contribution in [2.24, 2.45) is 5.92 Å². The number of hydrogen-bond donors (Lipinski definition) is 0. The molecular formula is C20H27NO3. The van der Waals surface area contributed by atoms with E-state index in [4.69, 9.17) is 9.47 Å². The minimum Gasteiger partial charge on any atom is -0.465 e. The van der Waals surface area contributed by atoms with Gasteiger partial charge in [-0.25, -0.2) is 0 Å². The van der Waals surface area contributed by atoms with Crippen LogP contribution in [0.25, 0.3) is 0 Å². The first-order valence-electron chi connectivity index (χ1n) is 8.68. The molecule has 2 rings (SSSR count). The lowest BCUT2D eigenvalue weighted by atomic mass is 9.61. The number of aryl methyl sites for hydroxylation is 1. The van der Waals surface area contributed by atoms with Gasteiger partial charge in [-0.05, 0) is 45.6 Å². The molecule has 1 aromatic rings. The molecule has 0 radical (unpaired) electrons. The van der Waals surface area contributed by atoms with Gasteiger partial charge >= 0.3 is 5.97 Å². The third kappa shape index (κ3) is 3.47. The van der Waals surface area contributed by atoms with E-state index >= 15 is 0 Å². The van der Waals surface area contributed by atoms with Crippen molar-refractivity contribution in [3.8, 4) is 6.07 Å². The second-order valence-corrected chi connectivity index (χ2v) is 6.92. The molecule has 1 heterocycles. The van der Waals surface area contributed by atoms with E-state index in [0.29, 0.717) is 19.4 Å². The molecule has 0 saturated carbocycles. The fourth-order valence-corrected chi connectivity index (χ4v) is 3.69. The van der Waals surface area contributed by atoms with E-state index in [0.717, 1.165) is 17.5 Å². The molecule has 24 heavy (non-hydrogen) atoms. The van der Waals surface area contributed by atoms with Crippen molar-refractivity contribution in [1.29, 1.82) is 5.26 Å². The summed E-state index contributed by atoms with van der Waals surface area (Å²) in [5.74, 6) is -1.25. The summed E-state index contributed by atoms with van der Waals surface area (Å²) in [6.45, 7) is 8.76. The summed E-state index contributed by atoms with van der Waals surface area (Å²) in [5, 5.41) is 9.81. The molecule has 4 nitrogen and oxygen atoms in total. The van der Waals surface area contributed by atoms with Gasteiger partial charge in [-0.3, -0.25) is 4.79 Å². The summed E-state index contributed by atoms with van der Waals surface area (Å²) in [6.07, 6.45) is 2.11. The predicted molar refractivity (Wildman–Crippen MR) is 92.5 cm³/mol. The van der Waals surface area contributed by atoms with Crippen LogP contribution in [-0.2, 0) is 19.7 Å². The van der Waals surface area contributed by atoms with E-state index in [1.165, 1.54) is 0 Å². The number of benzene rings is 1. The van der Waals surface area contributed by atoms with Gasteiger partial charge in [-0.2, -0.15) is 5.26 Å². The highest BCUT2D eigenvalue weighted by Gasteiger charge is 2.51. The number of nitriles is 1. The van der Waals surface area contributed by atoms with E-state index in [2.05, 4.69) is 19.9 Å². The van der Waals surface area contributed by atoms with Gasteiger partial charge in [-0.1, -0.05) is 36.8 Å². The average molecular weight is 329 g/mol. The van der Waals surface area contributed by atoms with Crippen molar-refractivity contribution >= 4 is 5.97 Å². The first-order valence-corrected chi connectivity index (χ1v) is 8.68. The second kappa shape index (κ2) is 7.36. The zero-order valence-electron chi connectivity index (χ0n) is 15.1. The van der Waals surface area contributed by atoms with Gasteiger partial charge in [-0.15, -0.1) is 0 Å². The fourth-order valence-electron chi connectivity index (χ4n) is 3.69. The van der Waals surface area contributed by atoms with E-state index in [1.54, 1.807) is 6.92 Å². The number of hydrogen-bond acceptors (Lipinski definition) is 4. The molecule has 0 aliphatic carbocycles. The number of nitrogens with zero attached hydrogens (tertiary/aromatic N) is 1. The molecule has 1 fully saturated rings. The van der Waals surface area contributed by atoms with Crippen molar-refractivity contribution in [2.75, 3.05) is 13.2 Å². The van der Waals surface area contributed by atoms with Gasteiger partial charge in [0.2, 0.25) is 0 Å². The first-order chi connectivity index (χ1) is 11.4. The molecule has 0 spiro atoms. The maximum atomic E-state index is 12.5. The largest absolute Gasteiger partial charge is 0.465 e. The Morgan fingerprint density at radius 3 is 2.58 bits per heavy atom. The molecule has 0 N–H and O–H groups in total. The highest BCUT2D eigenvalue weighted by molar-refractivity contribution is 5.77. The third-order valence-electron chi connectivity index (χ3n) is 5.27. The molecule has 0 amide bonds. The van der Waals surface area contributed by atoms with Gasteiger partial charge < -0.3 is 9.47 Å². The minimum absolute atomic E-state index is 0.280. The molecular weight excluding hydrogens is 302 g/mol. The Morgan fingerprint density at radius 1 is 1.38 bits per heavy atom. The van der Waals surface area contributed by atoms with Gasteiger partial charge in [0.25, 0.3) is 0 Å². The number of esters is 1. The normalized spacial score (nSPS) is 28.0. The lowest BCUT2D eigenvalue weighted by Gasteiger charge is -2.48. The highest BCUT2D eigenvalue weighted by atomic mass is 16.5. The first kappa shape index (κ1) is 18.5. The topological polar surface area (TPSA) is 59.3 Å². The summed E-state index contributed by atoms with van der Waals surface area (Å²) in [5.41, 5.74) is 1.27. The smallest absolute Gasteiger partial charge is 0.324 e. The number of carbonyl (C=O) groups is 1. The van der Waals surface area contributed by atoms with Crippen molar-refractivity contribution in [3.63, 3.8) is 0 Å². The van der Waals surface area contributed by atoms with Crippen LogP contribution in [0.4, 0.5) is 0 Å². The van der Waals surface area contributed by atoms with Crippen molar-refractivity contribution in [2.45, 2.75) is 58.0 Å². The van der Waals surface area contributed by atoms with Gasteiger partial charge in [0, 0.05) is 12.0 Å². The molecule has 3 atom stereocenters. The van der Waals surface area contributed by atoms with Crippen LogP contribution in [0.15, 0.2) is 24.3 Å². The Labute approximate surface area is 144 Å². The summed E-state index contributed by atoms with van der Waals surface area (Å²) in [7, 11) is 0. The van der Waals surface area contributed by atoms with Crippen LogP contribution in [0.5, 0.6) is 0 Å². The fraction of sp³-hybridized carbons (Fsp3) is 0.600. The third-order valence-corrected chi connectivity index (χ3v) is 5.27. The number of rotatable bonds is 5. The average Bonchev–Trinajstić information content (AvgIpc) is 2.56. The van der Waals surface area contributed by atoms with Crippen molar-refractivity contribution < 1.29 is 14.3 Å². The van der Waals surface area contributed by atoms with Crippen molar-refractivity contribution in [1.82, 2.24) is 0 Å². The molecule has 0 unspecified atom stereocenters. The zero-order chi connectivity index (χ0) is 17.8. The Morgan fingerprint density at radius 2 is 2.04 bits per heavy atom. The second-order valence-electron chi connectivity index (χ2n) is 6.92. The monoisotopic (exact) mass is 329 g/mol. The molecule has 0 aromatic heterocycles. The van der Waals surface area contributed by atoms with Crippen LogP contribution >= 0.6 is 0 Å². The van der Waals surface area contributed by atoms with E-state index < -0.39 is 17.3 Å². The van der Waals surface area contributed by atoms with Crippen LogP contribution < -0.4 is 0 Å². The Bertz CT molecular complexity index is 619.